The summed E-state index contributed by atoms with van der Waals surface area (Å²) in [5.74, 6) is 0. The van der Waals surface area contributed by atoms with Crippen LogP contribution in [-0.2, 0) is 10.0 Å². The van der Waals surface area contributed by atoms with Crippen molar-refractivity contribution in [2.24, 2.45) is 0 Å². The number of halogens is 2. The molecule has 3 nitrogen and oxygen atoms in total. The Morgan fingerprint density at radius 1 is 1.29 bits per heavy atom. The third-order valence-electron chi connectivity index (χ3n) is 1.42. The van der Waals surface area contributed by atoms with Gasteiger partial charge in [-0.15, -0.1) is 12.6 Å². The van der Waals surface area contributed by atoms with Gasteiger partial charge in [0.2, 0.25) is 0 Å². The molecule has 0 spiro atoms. The molecule has 0 unspecified atom stereocenters. The maximum atomic E-state index is 11.6. The third kappa shape index (κ3) is 7.72. The molecule has 1 N–H and O–H groups in total. The zero-order valence-electron chi connectivity index (χ0n) is 11.1. The molecular formula is C7H7Cl2K2NO2S3. The number of nitrogens with one attached hydrogen (secondary N) is 1. The van der Waals surface area contributed by atoms with Crippen LogP contribution in [0.2, 0.25) is 10.0 Å². The van der Waals surface area contributed by atoms with Crippen molar-refractivity contribution in [2.75, 3.05) is 0 Å². The smallest absolute Gasteiger partial charge is 1.00 e. The van der Waals surface area contributed by atoms with E-state index in [0.29, 0.717) is 0 Å². The molecule has 0 heterocycles. The first kappa shape index (κ1) is 22.5. The van der Waals surface area contributed by atoms with E-state index in [1.54, 1.807) is 0 Å². The van der Waals surface area contributed by atoms with Gasteiger partial charge in [-0.1, -0.05) is 35.4 Å². The van der Waals surface area contributed by atoms with Gasteiger partial charge in [-0.25, -0.2) is 8.42 Å². The second-order valence-electron chi connectivity index (χ2n) is 2.49. The molecule has 0 saturated carbocycles. The minimum atomic E-state index is -3.71. The van der Waals surface area contributed by atoms with Crippen molar-refractivity contribution in [1.29, 1.82) is 0 Å². The Kier molecular flexibility index (Phi) is 13.3. The van der Waals surface area contributed by atoms with Crippen molar-refractivity contribution in [1.82, 2.24) is 4.72 Å². The summed E-state index contributed by atoms with van der Waals surface area (Å²) in [6, 6.07) is 3.95. The minimum Gasteiger partial charge on any atom is -1.00 e. The van der Waals surface area contributed by atoms with Crippen LogP contribution >= 0.6 is 48.0 Å². The van der Waals surface area contributed by atoms with Gasteiger partial charge in [0.1, 0.15) is 4.32 Å². The molecule has 0 saturated heterocycles. The number of sulfonamides is 1. The van der Waals surface area contributed by atoms with Crippen LogP contribution in [0.15, 0.2) is 23.1 Å². The van der Waals surface area contributed by atoms with Gasteiger partial charge in [-0.3, -0.25) is 4.72 Å². The maximum absolute atomic E-state index is 11.6. The molecule has 1 aromatic rings. The van der Waals surface area contributed by atoms with Crippen LogP contribution in [0.5, 0.6) is 0 Å². The Hall–Kier alpha value is 3.26. The summed E-state index contributed by atoms with van der Waals surface area (Å²) in [4.78, 5) is -0.0201. The molecule has 0 aromatic heterocycles. The fraction of sp³-hybridized carbons (Fsp3) is 0. The zero-order chi connectivity index (χ0) is 11.6. The fourth-order valence-corrected chi connectivity index (χ4v) is 2.74. The molecule has 1 aromatic carbocycles. The van der Waals surface area contributed by atoms with E-state index in [2.05, 4.69) is 24.8 Å². The van der Waals surface area contributed by atoms with Crippen LogP contribution in [0, 0.1) is 0 Å². The average Bonchev–Trinajstić information content (AvgIpc) is 2.07. The number of rotatable bonds is 2. The van der Waals surface area contributed by atoms with Gasteiger partial charge in [-0.05, 0) is 18.2 Å². The summed E-state index contributed by atoms with van der Waals surface area (Å²) in [5.41, 5.74) is 0. The number of hydrogen-bond acceptors (Lipinski definition) is 3. The first-order chi connectivity index (χ1) is 6.83. The quantitative estimate of drug-likeness (QED) is 0.321. The van der Waals surface area contributed by atoms with Gasteiger partial charge in [0.15, 0.2) is 0 Å². The van der Waals surface area contributed by atoms with E-state index >= 15 is 0 Å². The van der Waals surface area contributed by atoms with Crippen molar-refractivity contribution in [2.45, 2.75) is 4.90 Å². The van der Waals surface area contributed by atoms with Gasteiger partial charge in [0, 0.05) is 0 Å². The Morgan fingerprint density at radius 2 is 1.82 bits per heavy atom. The summed E-state index contributed by atoms with van der Waals surface area (Å²) in [7, 11) is -3.71. The normalized spacial score (nSPS) is 9.82. The van der Waals surface area contributed by atoms with Gasteiger partial charge < -0.3 is 2.85 Å². The van der Waals surface area contributed by atoms with Crippen molar-refractivity contribution in [3.63, 3.8) is 0 Å². The van der Waals surface area contributed by atoms with Crippen molar-refractivity contribution in [3.05, 3.63) is 28.2 Å². The first-order valence-electron chi connectivity index (χ1n) is 3.54. The second kappa shape index (κ2) is 10.1. The molecule has 1 rings (SSSR count). The topological polar surface area (TPSA) is 46.2 Å². The predicted molar refractivity (Wildman–Crippen MR) is 70.6 cm³/mol. The van der Waals surface area contributed by atoms with E-state index in [1.165, 1.54) is 18.2 Å². The van der Waals surface area contributed by atoms with Crippen LogP contribution in [0.1, 0.15) is 2.85 Å². The van der Waals surface area contributed by atoms with E-state index in [-0.39, 0.29) is 125 Å². The van der Waals surface area contributed by atoms with E-state index in [9.17, 15) is 8.42 Å². The molecule has 86 valence electrons. The molecule has 0 bridgehead atoms. The molecule has 10 heteroatoms. The zero-order valence-corrected chi connectivity index (χ0v) is 19.4. The molecule has 0 aliphatic rings. The summed E-state index contributed by atoms with van der Waals surface area (Å²) in [5, 5.41) is 0.439. The summed E-state index contributed by atoms with van der Waals surface area (Å²) >= 11 is 19.5. The Balaban J connectivity index is -0.000000281. The molecular weight excluding hydrogens is 375 g/mol. The largest absolute Gasteiger partial charge is 1.00 e. The van der Waals surface area contributed by atoms with Gasteiger partial charge in [0.25, 0.3) is 10.0 Å². The van der Waals surface area contributed by atoms with Crippen LogP contribution < -0.4 is 107 Å². The van der Waals surface area contributed by atoms with Crippen LogP contribution in [-0.4, -0.2) is 12.7 Å². The van der Waals surface area contributed by atoms with Crippen LogP contribution in [0.4, 0.5) is 0 Å². The van der Waals surface area contributed by atoms with E-state index in [1.807, 2.05) is 4.72 Å². The molecule has 0 radical (unpaired) electrons. The van der Waals surface area contributed by atoms with Gasteiger partial charge in [0.05, 0.1) is 14.9 Å². The standard InChI is InChI=1S/C7H5Cl2NO2S3.2K.2H/c8-5-2-1-4(3-6(5)9)15(11,12)10-7(13)14;;;;/h1-3H,(H2,10,13,14);;;;/q;2*+1;2*-1. The van der Waals surface area contributed by atoms with Crippen LogP contribution in [0.3, 0.4) is 0 Å². The third-order valence-corrected chi connectivity index (χ3v) is 4.00. The number of hydrogen-bond donors (Lipinski definition) is 2. The fourth-order valence-electron chi connectivity index (χ4n) is 0.818. The summed E-state index contributed by atoms with van der Waals surface area (Å²) < 4.78 is 25.0. The summed E-state index contributed by atoms with van der Waals surface area (Å²) in [6.07, 6.45) is 0. The number of thiol groups is 1. The predicted octanol–water partition coefficient (Wildman–Crippen LogP) is -3.28. The monoisotopic (exact) mass is 381 g/mol. The molecule has 0 aliphatic heterocycles. The Bertz CT molecular complexity index is 519. The number of benzene rings is 1. The number of thiocarbonyl (C=S) groups is 1. The van der Waals surface area contributed by atoms with Crippen molar-refractivity contribution >= 4 is 62.4 Å². The molecule has 0 atom stereocenters. The second-order valence-corrected chi connectivity index (χ2v) is 6.14. The van der Waals surface area contributed by atoms with Gasteiger partial charge in [-0.2, -0.15) is 0 Å². The van der Waals surface area contributed by atoms with Crippen molar-refractivity contribution < 1.29 is 114 Å². The Labute approximate surface area is 209 Å². The minimum absolute atomic E-state index is 0. The molecule has 0 aliphatic carbocycles. The summed E-state index contributed by atoms with van der Waals surface area (Å²) in [6.45, 7) is 0. The maximum Gasteiger partial charge on any atom is 1.00 e. The van der Waals surface area contributed by atoms with E-state index in [4.69, 9.17) is 23.2 Å². The van der Waals surface area contributed by atoms with Gasteiger partial charge >= 0.3 is 103 Å². The molecule has 0 amide bonds. The van der Waals surface area contributed by atoms with Crippen molar-refractivity contribution in [3.8, 4) is 0 Å². The van der Waals surface area contributed by atoms with E-state index in [0.717, 1.165) is 0 Å². The molecule has 0 fully saturated rings. The molecule has 17 heavy (non-hydrogen) atoms. The average molecular weight is 382 g/mol. The Morgan fingerprint density at radius 3 is 2.24 bits per heavy atom. The van der Waals surface area contributed by atoms with Crippen LogP contribution in [0.25, 0.3) is 0 Å². The SMILES string of the molecule is O=S(=O)(NC(=S)S)c1ccc(Cl)c(Cl)c1.[H-].[H-].[K+].[K+]. The van der Waals surface area contributed by atoms with E-state index < -0.39 is 10.0 Å². The first-order valence-corrected chi connectivity index (χ1v) is 6.63.